The van der Waals surface area contributed by atoms with Crippen LogP contribution in [-0.2, 0) is 66.7 Å². The van der Waals surface area contributed by atoms with E-state index < -0.39 is 101 Å². The van der Waals surface area contributed by atoms with Crippen LogP contribution in [0, 0.1) is 17.3 Å². The Morgan fingerprint density at radius 3 is 2.02 bits per heavy atom. The molecule has 2 saturated heterocycles. The average Bonchev–Trinajstić information content (AvgIpc) is 3.76. The fourth-order valence-corrected chi connectivity index (χ4v) is 7.61. The lowest BCUT2D eigenvalue weighted by Crippen LogP contribution is -2.76. The second kappa shape index (κ2) is 14.6. The van der Waals surface area contributed by atoms with Crippen LogP contribution in [0.3, 0.4) is 0 Å². The summed E-state index contributed by atoms with van der Waals surface area (Å²) in [6, 6.07) is 0. The molecule has 0 aromatic rings. The van der Waals surface area contributed by atoms with Crippen LogP contribution in [-0.4, -0.2) is 109 Å². The molecule has 4 aliphatic rings. The highest BCUT2D eigenvalue weighted by molar-refractivity contribution is 5.78. The van der Waals surface area contributed by atoms with Crippen molar-refractivity contribution in [1.29, 1.82) is 0 Å². The highest BCUT2D eigenvalue weighted by atomic mass is 16.7. The quantitative estimate of drug-likeness (QED) is 0.196. The number of methoxy groups -OCH3 is 1. The number of esters is 6. The first kappa shape index (κ1) is 38.0. The van der Waals surface area contributed by atoms with E-state index in [0.717, 1.165) is 27.7 Å². The van der Waals surface area contributed by atoms with E-state index in [1.165, 1.54) is 32.3 Å². The second-order valence-electron chi connectivity index (χ2n) is 13.3. The summed E-state index contributed by atoms with van der Waals surface area (Å²) in [4.78, 5) is 77.9. The van der Waals surface area contributed by atoms with Crippen LogP contribution in [0.5, 0.6) is 0 Å². The Kier molecular flexibility index (Phi) is 11.3. The van der Waals surface area contributed by atoms with Crippen molar-refractivity contribution in [3.63, 3.8) is 0 Å². The minimum Gasteiger partial charge on any atom is -0.459 e. The molecule has 2 aliphatic heterocycles. The zero-order valence-corrected chi connectivity index (χ0v) is 29.0. The summed E-state index contributed by atoms with van der Waals surface area (Å²) in [6.45, 7) is 9.08. The van der Waals surface area contributed by atoms with Gasteiger partial charge in [0.05, 0.1) is 24.5 Å². The normalized spacial score (nSPS) is 37.8. The third kappa shape index (κ3) is 7.11. The van der Waals surface area contributed by atoms with Gasteiger partial charge in [0.15, 0.2) is 30.0 Å². The van der Waals surface area contributed by atoms with E-state index in [2.05, 4.69) is 0 Å². The van der Waals surface area contributed by atoms with Gasteiger partial charge in [-0.2, -0.15) is 0 Å². The molecule has 15 nitrogen and oxygen atoms in total. The standard InChI is InChI=1S/C34H46O15/c1-9-10-11-25(39)49-26-28(45-19(4)36)32(7)23(44-18(3)35)13-12-22(15-42-8)14-24-34(41,17(2)31(40)48-24)30(47-21(6)38)27(32)33(16-43-33)29(26)46-20(5)37/h12-14,17,23-24,26-30,41H,9-11,15-16H2,1-8H3. The number of fused-ring (bicyclic) bond motifs is 3. The number of hydrogen-bond donors (Lipinski definition) is 1. The third-order valence-corrected chi connectivity index (χ3v) is 9.82. The lowest BCUT2D eigenvalue weighted by molar-refractivity contribution is -0.279. The molecule has 0 bridgehead atoms. The van der Waals surface area contributed by atoms with E-state index in [0.29, 0.717) is 18.4 Å². The molecular weight excluding hydrogens is 648 g/mol. The number of ether oxygens (including phenoxy) is 8. The predicted octanol–water partition coefficient (Wildman–Crippen LogP) is 1.66. The van der Waals surface area contributed by atoms with E-state index in [4.69, 9.17) is 37.9 Å². The number of rotatable bonds is 10. The first-order valence-corrected chi connectivity index (χ1v) is 16.3. The van der Waals surface area contributed by atoms with Gasteiger partial charge in [0.25, 0.3) is 0 Å². The summed E-state index contributed by atoms with van der Waals surface area (Å²) in [5.41, 5.74) is -5.46. The zero-order chi connectivity index (χ0) is 36.5. The van der Waals surface area contributed by atoms with Crippen molar-refractivity contribution < 1.29 is 71.8 Å². The molecule has 1 N–H and O–H groups in total. The Balaban J connectivity index is 2.14. The van der Waals surface area contributed by atoms with E-state index in [9.17, 15) is 33.9 Å². The van der Waals surface area contributed by atoms with Gasteiger partial charge < -0.3 is 43.0 Å². The first-order chi connectivity index (χ1) is 23.0. The van der Waals surface area contributed by atoms with Gasteiger partial charge in [-0.1, -0.05) is 26.3 Å². The topological polar surface area (TPSA) is 200 Å². The fourth-order valence-electron chi connectivity index (χ4n) is 7.61. The molecule has 0 aromatic heterocycles. The summed E-state index contributed by atoms with van der Waals surface area (Å²) >= 11 is 0. The number of unbranched alkanes of at least 4 members (excludes halogenated alkanes) is 1. The van der Waals surface area contributed by atoms with Crippen LogP contribution < -0.4 is 0 Å². The average molecular weight is 695 g/mol. The van der Waals surface area contributed by atoms with E-state index in [-0.39, 0.29) is 19.6 Å². The Hall–Kier alpha value is -3.82. The lowest BCUT2D eigenvalue weighted by atomic mass is 9.51. The Labute approximate surface area is 284 Å². The lowest BCUT2D eigenvalue weighted by Gasteiger charge is -2.59. The van der Waals surface area contributed by atoms with Gasteiger partial charge in [0, 0.05) is 47.1 Å². The summed E-state index contributed by atoms with van der Waals surface area (Å²) in [5.74, 6) is -7.50. The monoisotopic (exact) mass is 694 g/mol. The molecule has 11 atom stereocenters. The van der Waals surface area contributed by atoms with Crippen LogP contribution in [0.1, 0.15) is 67.7 Å². The van der Waals surface area contributed by atoms with E-state index >= 15 is 0 Å². The Morgan fingerprint density at radius 1 is 0.918 bits per heavy atom. The van der Waals surface area contributed by atoms with Crippen molar-refractivity contribution in [3.05, 3.63) is 23.8 Å². The van der Waals surface area contributed by atoms with Crippen LogP contribution in [0.4, 0.5) is 0 Å². The van der Waals surface area contributed by atoms with Crippen molar-refractivity contribution in [2.45, 2.75) is 116 Å². The molecule has 272 valence electrons. The summed E-state index contributed by atoms with van der Waals surface area (Å²) < 4.78 is 46.9. The van der Waals surface area contributed by atoms with Crippen molar-refractivity contribution in [1.82, 2.24) is 0 Å². The maximum atomic E-state index is 13.3. The molecular formula is C34H46O15. The molecule has 2 aliphatic carbocycles. The van der Waals surface area contributed by atoms with Gasteiger partial charge in [-0.3, -0.25) is 28.8 Å². The minimum atomic E-state index is -2.33. The molecule has 2 heterocycles. The van der Waals surface area contributed by atoms with Crippen LogP contribution in [0.25, 0.3) is 0 Å². The van der Waals surface area contributed by atoms with Gasteiger partial charge >= 0.3 is 35.8 Å². The second-order valence-corrected chi connectivity index (χ2v) is 13.3. The number of carbonyl (C=O) groups is 6. The van der Waals surface area contributed by atoms with Gasteiger partial charge in [-0.05, 0) is 31.1 Å². The van der Waals surface area contributed by atoms with Crippen molar-refractivity contribution in [3.8, 4) is 0 Å². The molecule has 11 unspecified atom stereocenters. The highest BCUT2D eigenvalue weighted by Gasteiger charge is 2.81. The largest absolute Gasteiger partial charge is 0.459 e. The molecule has 49 heavy (non-hydrogen) atoms. The maximum Gasteiger partial charge on any atom is 0.312 e. The minimum absolute atomic E-state index is 0.0203. The molecule has 0 aromatic carbocycles. The predicted molar refractivity (Wildman–Crippen MR) is 165 cm³/mol. The molecule has 15 heteroatoms. The summed E-state index contributed by atoms with van der Waals surface area (Å²) in [6.07, 6.45) is -3.56. The smallest absolute Gasteiger partial charge is 0.312 e. The van der Waals surface area contributed by atoms with Gasteiger partial charge in [0.2, 0.25) is 0 Å². The van der Waals surface area contributed by atoms with Crippen molar-refractivity contribution >= 4 is 35.8 Å². The summed E-state index contributed by atoms with van der Waals surface area (Å²) in [7, 11) is 1.42. The van der Waals surface area contributed by atoms with E-state index in [1.807, 2.05) is 6.92 Å². The van der Waals surface area contributed by atoms with Crippen LogP contribution in [0.15, 0.2) is 23.8 Å². The van der Waals surface area contributed by atoms with E-state index in [1.54, 1.807) is 6.92 Å². The molecule has 1 spiro atoms. The molecule has 1 saturated carbocycles. The summed E-state index contributed by atoms with van der Waals surface area (Å²) in [5, 5.41) is 12.8. The zero-order valence-electron chi connectivity index (χ0n) is 29.0. The maximum absolute atomic E-state index is 13.3. The van der Waals surface area contributed by atoms with Crippen molar-refractivity contribution in [2.24, 2.45) is 17.3 Å². The Morgan fingerprint density at radius 2 is 1.49 bits per heavy atom. The number of carbonyl (C=O) groups excluding carboxylic acids is 6. The molecule has 0 amide bonds. The van der Waals surface area contributed by atoms with Gasteiger partial charge in [-0.25, -0.2) is 0 Å². The first-order valence-electron chi connectivity index (χ1n) is 16.3. The number of aliphatic hydroxyl groups is 1. The third-order valence-electron chi connectivity index (χ3n) is 9.82. The molecule has 4 rings (SSSR count). The molecule has 3 fully saturated rings. The molecule has 0 radical (unpaired) electrons. The van der Waals surface area contributed by atoms with Crippen molar-refractivity contribution in [2.75, 3.05) is 20.3 Å². The van der Waals surface area contributed by atoms with Gasteiger partial charge in [-0.15, -0.1) is 0 Å². The fraction of sp³-hybridized carbons (Fsp3) is 0.706. The van der Waals surface area contributed by atoms with Crippen LogP contribution in [0.2, 0.25) is 0 Å². The number of epoxide rings is 1. The SMILES string of the molecule is CCCCC(=O)OC1C(OC(C)=O)C2(CO2)C2C(OC(C)=O)C3(O)C(C=C(COC)C=CC(OC(C)=O)C2(C)C1OC(C)=O)OC(=O)C3C. The van der Waals surface area contributed by atoms with Gasteiger partial charge in [0.1, 0.15) is 17.8 Å². The number of hydrogen-bond acceptors (Lipinski definition) is 15. The Bertz CT molecular complexity index is 1400. The highest BCUT2D eigenvalue weighted by Crippen LogP contribution is 2.63. The van der Waals surface area contributed by atoms with Crippen LogP contribution >= 0.6 is 0 Å².